The molecule has 2 aliphatic carbocycles. The highest BCUT2D eigenvalue weighted by Crippen LogP contribution is 2.66. The lowest BCUT2D eigenvalue weighted by atomic mass is 9.72. The lowest BCUT2D eigenvalue weighted by Crippen LogP contribution is -2.27. The molecule has 524 valence electrons. The minimum Gasteiger partial charge on any atom is -0.456 e. The van der Waals surface area contributed by atoms with Crippen LogP contribution in [0.2, 0.25) is 0 Å². The maximum absolute atomic E-state index is 11.2. The van der Waals surface area contributed by atoms with Crippen LogP contribution in [0.5, 0.6) is 92.0 Å². The highest BCUT2D eigenvalue weighted by molar-refractivity contribution is 5.89. The molecule has 0 heterocycles. The molecule has 2 aliphatic rings. The van der Waals surface area contributed by atoms with Crippen molar-refractivity contribution in [3.63, 3.8) is 0 Å². The van der Waals surface area contributed by atoms with E-state index in [1.807, 2.05) is 170 Å². The van der Waals surface area contributed by atoms with Gasteiger partial charge in [-0.1, -0.05) is 175 Å². The maximum atomic E-state index is 11.2. The van der Waals surface area contributed by atoms with E-state index in [2.05, 4.69) is 78.3 Å². The number of nitriles is 4. The van der Waals surface area contributed by atoms with Crippen LogP contribution in [-0.2, 0) is 16.2 Å². The van der Waals surface area contributed by atoms with Crippen molar-refractivity contribution in [2.24, 2.45) is 0 Å². The van der Waals surface area contributed by atoms with Gasteiger partial charge in [0.1, 0.15) is 116 Å². The molecule has 0 radical (unpaired) electrons. The predicted octanol–water partition coefficient (Wildman–Crippen LogP) is 26.3. The van der Waals surface area contributed by atoms with Gasteiger partial charge in [-0.2, -0.15) is 21.0 Å². The van der Waals surface area contributed by atoms with Gasteiger partial charge >= 0.3 is 0 Å². The summed E-state index contributed by atoms with van der Waals surface area (Å²) in [5, 5.41) is 52.5. The van der Waals surface area contributed by atoms with Gasteiger partial charge in [-0.15, -0.1) is 0 Å². The van der Waals surface area contributed by atoms with E-state index in [0.29, 0.717) is 35.8 Å². The minimum atomic E-state index is -0.806. The molecule has 0 saturated heterocycles. The maximum Gasteiger partial charge on any atom is 0.170 e. The van der Waals surface area contributed by atoms with Crippen molar-refractivity contribution >= 4 is 67.4 Å². The average Bonchev–Trinajstić information content (AvgIpc) is 1.52. The van der Waals surface area contributed by atoms with Crippen LogP contribution in [0.1, 0.15) is 107 Å². The Morgan fingerprint density at radius 3 is 0.697 bits per heavy atom. The first-order valence-electron chi connectivity index (χ1n) is 35.6. The van der Waals surface area contributed by atoms with E-state index in [1.54, 1.807) is 97.1 Å². The third-order valence-electron chi connectivity index (χ3n) is 20.6. The second kappa shape index (κ2) is 27.8. The molecule has 0 atom stereocenters. The van der Waals surface area contributed by atoms with Crippen molar-refractivity contribution in [1.29, 1.82) is 21.0 Å². The van der Waals surface area contributed by atoms with Crippen LogP contribution in [0.4, 0.5) is 0 Å². The summed E-state index contributed by atoms with van der Waals surface area (Å²) < 4.78 is 54.8. The largest absolute Gasteiger partial charge is 0.456 e. The van der Waals surface area contributed by atoms with Crippen LogP contribution in [-0.4, -0.2) is 0 Å². The molecule has 12 heteroatoms. The molecule has 12 nitrogen and oxygen atoms in total. The molecule has 16 rings (SSSR count). The fourth-order valence-corrected chi connectivity index (χ4v) is 15.5. The van der Waals surface area contributed by atoms with Gasteiger partial charge in [-0.3, -0.25) is 0 Å². The topological polar surface area (TPSA) is 169 Å². The normalized spacial score (nSPS) is 13.2. The third-order valence-corrected chi connectivity index (χ3v) is 20.6. The fourth-order valence-electron chi connectivity index (χ4n) is 15.5. The zero-order valence-corrected chi connectivity index (χ0v) is 60.2. The van der Waals surface area contributed by atoms with Crippen LogP contribution < -0.4 is 37.9 Å². The van der Waals surface area contributed by atoms with Gasteiger partial charge in [0.15, 0.2) is 23.0 Å². The Bertz CT molecular complexity index is 5990. The second-order valence-electron chi connectivity index (χ2n) is 28.6. The molecule has 14 aromatic rings. The van der Waals surface area contributed by atoms with E-state index >= 15 is 0 Å². The van der Waals surface area contributed by atoms with E-state index in [4.69, 9.17) is 37.9 Å². The highest BCUT2D eigenvalue weighted by atomic mass is 16.5. The smallest absolute Gasteiger partial charge is 0.170 e. The van der Waals surface area contributed by atoms with Gasteiger partial charge in [0.2, 0.25) is 0 Å². The van der Waals surface area contributed by atoms with Crippen molar-refractivity contribution in [2.45, 2.75) is 56.8 Å². The molecule has 0 saturated carbocycles. The molecule has 0 aromatic heterocycles. The standard InChI is InChI=1S/C97H68N4O8/c1-9-59-25-29-67-45-71(37-33-63(67)41-59)102-83-17-13-21-87(75(83)53-98)106-91-49-79-81(51-93(91)108-89-23-15-19-85(77(89)55-100)104-73-39-35-65-43-61(11-3)27-31-69(65)47-73)97(57-95(79,5)6)58-96(7,8)80-50-92(107-88-22-14-18-84(76(88)54-99)103-72-38-34-64-42-60(10-2)26-30-68(64)46-72)94(52-82(80)97)109-90-24-16-20-86(78(90)56-101)105-74-40-36-66-44-62(12-4)28-32-70(66)48-74/h9-52H,1-4,57-58H2,5-8H3. The SMILES string of the molecule is C=Cc1ccc2cc(Oc3cccc(Oc4cc5c(cc4Oc4cccc(Oc6ccc7cc(C=C)ccc7c6)c4C#N)C4(CC5(C)C)CC(C)(C)c5cc(Oc6cccc(Oc7ccc8cc(C=C)ccc8c7)c6C#N)c(Oc6cccc(Oc7ccc8cc(C=C)ccc8c7)c6C#N)cc54)c3C#N)ccc2c1. The summed E-state index contributed by atoms with van der Waals surface area (Å²) in [5.74, 6) is 4.85. The van der Waals surface area contributed by atoms with Crippen molar-refractivity contribution in [1.82, 2.24) is 0 Å². The Kier molecular flexibility index (Phi) is 17.6. The lowest BCUT2D eigenvalue weighted by molar-refractivity contribution is 0.349. The summed E-state index contributed by atoms with van der Waals surface area (Å²) in [6, 6.07) is 85.5. The van der Waals surface area contributed by atoms with Gasteiger partial charge in [-0.25, -0.2) is 0 Å². The first-order valence-corrected chi connectivity index (χ1v) is 35.6. The van der Waals surface area contributed by atoms with Crippen LogP contribution in [0, 0.1) is 45.3 Å². The monoisotopic (exact) mass is 1420 g/mol. The summed E-state index contributed by atoms with van der Waals surface area (Å²) in [5.41, 5.74) is 6.19. The summed E-state index contributed by atoms with van der Waals surface area (Å²) in [7, 11) is 0. The zero-order chi connectivity index (χ0) is 75.3. The van der Waals surface area contributed by atoms with E-state index in [1.165, 1.54) is 0 Å². The van der Waals surface area contributed by atoms with Crippen molar-refractivity contribution in [3.8, 4) is 116 Å². The minimum absolute atomic E-state index is 0.121. The summed E-state index contributed by atoms with van der Waals surface area (Å²) in [6.45, 7) is 24.6. The summed E-state index contributed by atoms with van der Waals surface area (Å²) >= 11 is 0. The molecular formula is C97H68N4O8. The molecule has 0 bridgehead atoms. The quantitative estimate of drug-likeness (QED) is 0.0709. The molecule has 0 fully saturated rings. The van der Waals surface area contributed by atoms with Gasteiger partial charge in [0.25, 0.3) is 0 Å². The molecule has 0 amide bonds. The molecule has 0 unspecified atom stereocenters. The van der Waals surface area contributed by atoms with Gasteiger partial charge in [0.05, 0.1) is 0 Å². The molecular weight excluding hydrogens is 1350 g/mol. The molecule has 109 heavy (non-hydrogen) atoms. The Labute approximate surface area is 631 Å². The van der Waals surface area contributed by atoms with Crippen LogP contribution >= 0.6 is 0 Å². The Hall–Kier alpha value is -14.6. The number of hydrogen-bond acceptors (Lipinski definition) is 12. The van der Waals surface area contributed by atoms with Gasteiger partial charge < -0.3 is 37.9 Å². The number of hydrogen-bond donors (Lipinski definition) is 0. The second-order valence-corrected chi connectivity index (χ2v) is 28.6. The van der Waals surface area contributed by atoms with Gasteiger partial charge in [0, 0.05) is 5.41 Å². The van der Waals surface area contributed by atoms with Crippen molar-refractivity contribution in [3.05, 3.63) is 336 Å². The zero-order valence-electron chi connectivity index (χ0n) is 60.2. The van der Waals surface area contributed by atoms with E-state index < -0.39 is 16.2 Å². The first-order chi connectivity index (χ1) is 53.0. The number of ether oxygens (including phenoxy) is 8. The van der Waals surface area contributed by atoms with E-state index in [9.17, 15) is 21.0 Å². The van der Waals surface area contributed by atoms with Crippen LogP contribution in [0.3, 0.4) is 0 Å². The average molecular weight is 1420 g/mol. The van der Waals surface area contributed by atoms with Crippen molar-refractivity contribution < 1.29 is 37.9 Å². The number of fused-ring (bicyclic) bond motifs is 8. The molecule has 1 spiro atoms. The molecule has 0 aliphatic heterocycles. The van der Waals surface area contributed by atoms with E-state index in [-0.39, 0.29) is 91.2 Å². The highest BCUT2D eigenvalue weighted by Gasteiger charge is 2.57. The van der Waals surface area contributed by atoms with Gasteiger partial charge in [-0.05, 0) is 257 Å². The number of benzene rings is 14. The Morgan fingerprint density at radius 2 is 0.468 bits per heavy atom. The fraction of sp³-hybridized carbons (Fsp3) is 0.0928. The van der Waals surface area contributed by atoms with Crippen LogP contribution in [0.15, 0.2) is 269 Å². The summed E-state index contributed by atoms with van der Waals surface area (Å²) in [4.78, 5) is 0. The first kappa shape index (κ1) is 68.8. The third kappa shape index (κ3) is 13.0. The van der Waals surface area contributed by atoms with Crippen LogP contribution in [0.25, 0.3) is 67.4 Å². The van der Waals surface area contributed by atoms with Crippen molar-refractivity contribution in [2.75, 3.05) is 0 Å². The molecule has 0 N–H and O–H groups in total. The predicted molar refractivity (Wildman–Crippen MR) is 430 cm³/mol. The lowest BCUT2D eigenvalue weighted by Gasteiger charge is -2.31. The number of nitrogens with zero attached hydrogens (tertiary/aromatic N) is 4. The Morgan fingerprint density at radius 1 is 0.257 bits per heavy atom. The van der Waals surface area contributed by atoms with E-state index in [0.717, 1.165) is 87.6 Å². The number of rotatable bonds is 20. The molecule has 14 aromatic carbocycles. The summed E-state index contributed by atoms with van der Waals surface area (Å²) in [6.07, 6.45) is 8.35. The Balaban J connectivity index is 0.835.